The van der Waals surface area contributed by atoms with Crippen molar-refractivity contribution in [1.82, 2.24) is 4.90 Å². The van der Waals surface area contributed by atoms with Crippen LogP contribution in [0.3, 0.4) is 0 Å². The molecule has 2 rings (SSSR count). The molecule has 2 fully saturated rings. The number of hydrogen-bond donors (Lipinski definition) is 1. The highest BCUT2D eigenvalue weighted by molar-refractivity contribution is 8.00. The van der Waals surface area contributed by atoms with Crippen LogP contribution in [0.25, 0.3) is 0 Å². The minimum absolute atomic E-state index is 0.101. The van der Waals surface area contributed by atoms with Crippen LogP contribution in [0.15, 0.2) is 0 Å². The Morgan fingerprint density at radius 2 is 2.00 bits per heavy atom. The lowest BCUT2D eigenvalue weighted by Crippen LogP contribution is -2.47. The Labute approximate surface area is 110 Å². The first-order chi connectivity index (χ1) is 8.16. The van der Waals surface area contributed by atoms with E-state index in [1.807, 2.05) is 0 Å². The fraction of sp³-hybridized carbons (Fsp3) is 1.00. The standard InChI is InChI=1S/C14H27NOS/c1-11-12(2)17-8-7-15(11)10-14(16)9-13-5-3-4-6-13/h11-14,16H,3-10H2,1-2H3. The molecule has 3 atom stereocenters. The summed E-state index contributed by atoms with van der Waals surface area (Å²) in [4.78, 5) is 2.49. The zero-order valence-electron chi connectivity index (χ0n) is 11.3. The van der Waals surface area contributed by atoms with E-state index in [1.165, 1.54) is 31.4 Å². The summed E-state index contributed by atoms with van der Waals surface area (Å²) in [6, 6.07) is 0.618. The number of β-amino-alcohol motifs (C(OH)–C–C–N with tert-alkyl or cyclic N) is 1. The van der Waals surface area contributed by atoms with Crippen molar-refractivity contribution in [2.24, 2.45) is 5.92 Å². The van der Waals surface area contributed by atoms with Gasteiger partial charge in [0.2, 0.25) is 0 Å². The van der Waals surface area contributed by atoms with E-state index < -0.39 is 0 Å². The largest absolute Gasteiger partial charge is 0.392 e. The van der Waals surface area contributed by atoms with Gasteiger partial charge in [0.25, 0.3) is 0 Å². The van der Waals surface area contributed by atoms with Crippen molar-refractivity contribution in [3.05, 3.63) is 0 Å². The molecule has 1 heterocycles. The van der Waals surface area contributed by atoms with Crippen LogP contribution in [0.5, 0.6) is 0 Å². The summed E-state index contributed by atoms with van der Waals surface area (Å²) in [5, 5.41) is 10.9. The molecule has 0 aromatic rings. The summed E-state index contributed by atoms with van der Waals surface area (Å²) in [5.41, 5.74) is 0. The van der Waals surface area contributed by atoms with E-state index in [2.05, 4.69) is 30.5 Å². The van der Waals surface area contributed by atoms with E-state index in [4.69, 9.17) is 0 Å². The van der Waals surface area contributed by atoms with Crippen molar-refractivity contribution in [3.8, 4) is 0 Å². The molecule has 1 aliphatic heterocycles. The van der Waals surface area contributed by atoms with Gasteiger partial charge in [0.05, 0.1) is 6.10 Å². The second-order valence-electron chi connectivity index (χ2n) is 5.85. The molecule has 1 N–H and O–H groups in total. The first-order valence-corrected chi connectivity index (χ1v) is 8.25. The smallest absolute Gasteiger partial charge is 0.0669 e. The maximum Gasteiger partial charge on any atom is 0.0669 e. The highest BCUT2D eigenvalue weighted by atomic mass is 32.2. The van der Waals surface area contributed by atoms with Gasteiger partial charge in [-0.3, -0.25) is 4.90 Å². The third-order valence-electron chi connectivity index (χ3n) is 4.54. The van der Waals surface area contributed by atoms with Crippen LogP contribution in [-0.4, -0.2) is 46.2 Å². The molecule has 3 heteroatoms. The first-order valence-electron chi connectivity index (χ1n) is 7.20. The molecule has 1 saturated carbocycles. The third kappa shape index (κ3) is 3.87. The first kappa shape index (κ1) is 13.7. The van der Waals surface area contributed by atoms with Crippen LogP contribution in [0.1, 0.15) is 46.0 Å². The summed E-state index contributed by atoms with van der Waals surface area (Å²) in [6.07, 6.45) is 6.38. The molecule has 100 valence electrons. The maximum atomic E-state index is 10.2. The van der Waals surface area contributed by atoms with Crippen molar-refractivity contribution >= 4 is 11.8 Å². The number of thioether (sulfide) groups is 1. The Morgan fingerprint density at radius 3 is 2.71 bits per heavy atom. The van der Waals surface area contributed by atoms with E-state index in [0.29, 0.717) is 11.3 Å². The number of hydrogen-bond acceptors (Lipinski definition) is 3. The summed E-state index contributed by atoms with van der Waals surface area (Å²) in [5.74, 6) is 2.03. The van der Waals surface area contributed by atoms with Gasteiger partial charge in [-0.1, -0.05) is 32.6 Å². The molecule has 17 heavy (non-hydrogen) atoms. The Kier molecular flexibility index (Phi) is 5.19. The molecule has 1 aliphatic carbocycles. The molecule has 2 aliphatic rings. The van der Waals surface area contributed by atoms with Crippen LogP contribution >= 0.6 is 11.8 Å². The predicted molar refractivity (Wildman–Crippen MR) is 75.5 cm³/mol. The average molecular weight is 257 g/mol. The summed E-state index contributed by atoms with van der Waals surface area (Å²) in [7, 11) is 0. The highest BCUT2D eigenvalue weighted by Gasteiger charge is 2.27. The number of rotatable bonds is 4. The van der Waals surface area contributed by atoms with Crippen molar-refractivity contribution in [1.29, 1.82) is 0 Å². The Bertz CT molecular complexity index is 230. The van der Waals surface area contributed by atoms with Gasteiger partial charge in [0, 0.05) is 30.1 Å². The Balaban J connectivity index is 1.74. The van der Waals surface area contributed by atoms with Gasteiger partial charge < -0.3 is 5.11 Å². The van der Waals surface area contributed by atoms with Crippen LogP contribution < -0.4 is 0 Å². The SMILES string of the molecule is CC1SCCN(CC(O)CC2CCCC2)C1C. The predicted octanol–water partition coefficient (Wildman–Crippen LogP) is 2.75. The molecular weight excluding hydrogens is 230 g/mol. The summed E-state index contributed by atoms with van der Waals surface area (Å²) >= 11 is 2.07. The van der Waals surface area contributed by atoms with E-state index in [1.54, 1.807) is 0 Å². The van der Waals surface area contributed by atoms with E-state index >= 15 is 0 Å². The fourth-order valence-electron chi connectivity index (χ4n) is 3.23. The minimum atomic E-state index is -0.101. The number of aliphatic hydroxyl groups excluding tert-OH is 1. The molecule has 0 radical (unpaired) electrons. The topological polar surface area (TPSA) is 23.5 Å². The number of nitrogens with zero attached hydrogens (tertiary/aromatic N) is 1. The Hall–Kier alpha value is 0.270. The quantitative estimate of drug-likeness (QED) is 0.838. The Morgan fingerprint density at radius 1 is 1.29 bits per heavy atom. The van der Waals surface area contributed by atoms with Crippen LogP contribution in [0, 0.1) is 5.92 Å². The molecule has 1 saturated heterocycles. The fourth-order valence-corrected chi connectivity index (χ4v) is 4.39. The monoisotopic (exact) mass is 257 g/mol. The van der Waals surface area contributed by atoms with Crippen molar-refractivity contribution in [2.75, 3.05) is 18.8 Å². The van der Waals surface area contributed by atoms with Gasteiger partial charge in [-0.2, -0.15) is 11.8 Å². The second-order valence-corrected chi connectivity index (χ2v) is 7.34. The lowest BCUT2D eigenvalue weighted by atomic mass is 9.99. The van der Waals surface area contributed by atoms with Gasteiger partial charge in [0.1, 0.15) is 0 Å². The van der Waals surface area contributed by atoms with Crippen molar-refractivity contribution < 1.29 is 5.11 Å². The molecule has 0 bridgehead atoms. The van der Waals surface area contributed by atoms with E-state index in [0.717, 1.165) is 25.4 Å². The summed E-state index contributed by atoms with van der Waals surface area (Å²) < 4.78 is 0. The van der Waals surface area contributed by atoms with Crippen LogP contribution in [-0.2, 0) is 0 Å². The van der Waals surface area contributed by atoms with Gasteiger partial charge >= 0.3 is 0 Å². The van der Waals surface area contributed by atoms with E-state index in [9.17, 15) is 5.11 Å². The summed E-state index contributed by atoms with van der Waals surface area (Å²) in [6.45, 7) is 6.66. The van der Waals surface area contributed by atoms with Gasteiger partial charge in [-0.05, 0) is 19.3 Å². The molecule has 3 unspecified atom stereocenters. The third-order valence-corrected chi connectivity index (χ3v) is 5.88. The highest BCUT2D eigenvalue weighted by Crippen LogP contribution is 2.30. The van der Waals surface area contributed by atoms with Gasteiger partial charge in [0.15, 0.2) is 0 Å². The second kappa shape index (κ2) is 6.44. The number of aliphatic hydroxyl groups is 1. The van der Waals surface area contributed by atoms with Gasteiger partial charge in [-0.25, -0.2) is 0 Å². The molecule has 0 spiro atoms. The lowest BCUT2D eigenvalue weighted by Gasteiger charge is -2.38. The van der Waals surface area contributed by atoms with E-state index in [-0.39, 0.29) is 6.10 Å². The molecule has 0 aromatic carbocycles. The zero-order chi connectivity index (χ0) is 12.3. The van der Waals surface area contributed by atoms with Crippen LogP contribution in [0.2, 0.25) is 0 Å². The lowest BCUT2D eigenvalue weighted by molar-refractivity contribution is 0.0752. The normalized spacial score (nSPS) is 34.1. The van der Waals surface area contributed by atoms with Crippen molar-refractivity contribution in [3.63, 3.8) is 0 Å². The molecule has 0 amide bonds. The minimum Gasteiger partial charge on any atom is -0.392 e. The zero-order valence-corrected chi connectivity index (χ0v) is 12.1. The van der Waals surface area contributed by atoms with Crippen molar-refractivity contribution in [2.45, 2.75) is 63.3 Å². The van der Waals surface area contributed by atoms with Gasteiger partial charge in [-0.15, -0.1) is 0 Å². The molecule has 0 aromatic heterocycles. The average Bonchev–Trinajstić information content (AvgIpc) is 2.77. The van der Waals surface area contributed by atoms with Crippen LogP contribution in [0.4, 0.5) is 0 Å². The maximum absolute atomic E-state index is 10.2. The molecular formula is C14H27NOS. The molecule has 2 nitrogen and oxygen atoms in total.